The van der Waals surface area contributed by atoms with Gasteiger partial charge in [-0.2, -0.15) is 0 Å². The number of ether oxygens (including phenoxy) is 1. The molecule has 1 saturated heterocycles. The maximum absolute atomic E-state index is 9.18. The summed E-state index contributed by atoms with van der Waals surface area (Å²) in [6.45, 7) is 5.24. The van der Waals surface area contributed by atoms with Crippen LogP contribution in [0.25, 0.3) is 0 Å². The van der Waals surface area contributed by atoms with Crippen molar-refractivity contribution in [2.45, 2.75) is 26.2 Å². The zero-order valence-electron chi connectivity index (χ0n) is 11.1. The van der Waals surface area contributed by atoms with Crippen LogP contribution in [0.3, 0.4) is 0 Å². The Morgan fingerprint density at radius 2 is 2.33 bits per heavy atom. The molecular weight excluding hydrogens is 226 g/mol. The minimum Gasteiger partial charge on any atom is -0.494 e. The minimum atomic E-state index is 0.295. The Hall–Kier alpha value is -1.22. The first kappa shape index (κ1) is 13.2. The molecule has 1 unspecified atom stereocenters. The second-order valence-corrected chi connectivity index (χ2v) is 4.98. The molecule has 1 aromatic carbocycles. The molecule has 1 aliphatic rings. The fourth-order valence-corrected chi connectivity index (χ4v) is 2.32. The lowest BCUT2D eigenvalue weighted by Crippen LogP contribution is -2.20. The Bertz CT molecular complexity index is 367. The Kier molecular flexibility index (Phi) is 4.88. The fourth-order valence-electron chi connectivity index (χ4n) is 2.32. The number of anilines is 1. The number of nitrogens with zero attached hydrogens (tertiary/aromatic N) is 1. The first-order chi connectivity index (χ1) is 8.83. The lowest BCUT2D eigenvalue weighted by Gasteiger charge is -2.19. The van der Waals surface area contributed by atoms with Crippen LogP contribution in [0.15, 0.2) is 24.3 Å². The van der Waals surface area contributed by atoms with Crippen LogP contribution in [0, 0.1) is 5.92 Å². The maximum atomic E-state index is 9.18. The number of aliphatic hydroxyl groups excluding tert-OH is 1. The molecule has 2 rings (SSSR count). The highest BCUT2D eigenvalue weighted by atomic mass is 16.5. The SMILES string of the molecule is CCCCOc1cccc(N2CCC(CO)C2)c1. The Morgan fingerprint density at radius 3 is 3.06 bits per heavy atom. The van der Waals surface area contributed by atoms with Gasteiger partial charge in [-0.3, -0.25) is 0 Å². The van der Waals surface area contributed by atoms with Crippen LogP contribution >= 0.6 is 0 Å². The zero-order valence-corrected chi connectivity index (χ0v) is 11.1. The summed E-state index contributed by atoms with van der Waals surface area (Å²) in [5.41, 5.74) is 1.21. The Labute approximate surface area is 109 Å². The van der Waals surface area contributed by atoms with E-state index in [0.29, 0.717) is 12.5 Å². The number of hydrogen-bond acceptors (Lipinski definition) is 3. The lowest BCUT2D eigenvalue weighted by atomic mass is 10.1. The van der Waals surface area contributed by atoms with Gasteiger partial charge in [0, 0.05) is 37.4 Å². The van der Waals surface area contributed by atoms with E-state index in [1.165, 1.54) is 5.69 Å². The van der Waals surface area contributed by atoms with Crippen LogP contribution in [-0.4, -0.2) is 31.4 Å². The summed E-state index contributed by atoms with van der Waals surface area (Å²) < 4.78 is 5.72. The molecule has 3 heteroatoms. The smallest absolute Gasteiger partial charge is 0.121 e. The molecule has 3 nitrogen and oxygen atoms in total. The van der Waals surface area contributed by atoms with Crippen molar-refractivity contribution < 1.29 is 9.84 Å². The maximum Gasteiger partial charge on any atom is 0.121 e. The molecule has 1 atom stereocenters. The van der Waals surface area contributed by atoms with Gasteiger partial charge in [-0.25, -0.2) is 0 Å². The second kappa shape index (κ2) is 6.64. The van der Waals surface area contributed by atoms with Crippen LogP contribution in [0.4, 0.5) is 5.69 Å². The van der Waals surface area contributed by atoms with Crippen molar-refractivity contribution in [2.24, 2.45) is 5.92 Å². The normalized spacial score (nSPS) is 19.2. The predicted octanol–water partition coefficient (Wildman–Crippen LogP) is 2.68. The average Bonchev–Trinajstić information content (AvgIpc) is 2.88. The van der Waals surface area contributed by atoms with Gasteiger partial charge in [0.1, 0.15) is 5.75 Å². The molecule has 1 fully saturated rings. The molecule has 1 aliphatic heterocycles. The van der Waals surface area contributed by atoms with Crippen molar-refractivity contribution in [2.75, 3.05) is 31.2 Å². The van der Waals surface area contributed by atoms with Gasteiger partial charge in [0.2, 0.25) is 0 Å². The van der Waals surface area contributed by atoms with Crippen molar-refractivity contribution >= 4 is 5.69 Å². The molecule has 0 aromatic heterocycles. The highest BCUT2D eigenvalue weighted by Gasteiger charge is 2.21. The van der Waals surface area contributed by atoms with E-state index < -0.39 is 0 Å². The van der Waals surface area contributed by atoms with E-state index in [1.807, 2.05) is 12.1 Å². The van der Waals surface area contributed by atoms with Crippen molar-refractivity contribution in [1.29, 1.82) is 0 Å². The molecule has 18 heavy (non-hydrogen) atoms. The van der Waals surface area contributed by atoms with Gasteiger partial charge in [0.25, 0.3) is 0 Å². The van der Waals surface area contributed by atoms with E-state index in [-0.39, 0.29) is 0 Å². The van der Waals surface area contributed by atoms with Gasteiger partial charge in [-0.15, -0.1) is 0 Å². The molecule has 0 aliphatic carbocycles. The Morgan fingerprint density at radius 1 is 1.44 bits per heavy atom. The summed E-state index contributed by atoms with van der Waals surface area (Å²) >= 11 is 0. The van der Waals surface area contributed by atoms with Gasteiger partial charge < -0.3 is 14.7 Å². The van der Waals surface area contributed by atoms with Crippen molar-refractivity contribution in [3.8, 4) is 5.75 Å². The quantitative estimate of drug-likeness (QED) is 0.787. The topological polar surface area (TPSA) is 32.7 Å². The van der Waals surface area contributed by atoms with Crippen LogP contribution < -0.4 is 9.64 Å². The summed E-state index contributed by atoms with van der Waals surface area (Å²) in [7, 11) is 0. The molecule has 0 radical (unpaired) electrons. The number of rotatable bonds is 6. The third-order valence-corrected chi connectivity index (χ3v) is 3.49. The number of hydrogen-bond donors (Lipinski definition) is 1. The number of unbranched alkanes of at least 4 members (excludes halogenated alkanes) is 1. The summed E-state index contributed by atoms with van der Waals surface area (Å²) in [6.07, 6.45) is 3.34. The fraction of sp³-hybridized carbons (Fsp3) is 0.600. The summed E-state index contributed by atoms with van der Waals surface area (Å²) in [5.74, 6) is 1.38. The van der Waals surface area contributed by atoms with Crippen LogP contribution in [-0.2, 0) is 0 Å². The monoisotopic (exact) mass is 249 g/mol. The van der Waals surface area contributed by atoms with Gasteiger partial charge >= 0.3 is 0 Å². The van der Waals surface area contributed by atoms with E-state index in [1.54, 1.807) is 0 Å². The molecule has 100 valence electrons. The third kappa shape index (κ3) is 3.39. The highest BCUT2D eigenvalue weighted by Crippen LogP contribution is 2.26. The first-order valence-electron chi connectivity index (χ1n) is 6.92. The summed E-state index contributed by atoms with van der Waals surface area (Å²) in [6, 6.07) is 8.28. The van der Waals surface area contributed by atoms with E-state index in [4.69, 9.17) is 4.74 Å². The number of aliphatic hydroxyl groups is 1. The van der Waals surface area contributed by atoms with Crippen LogP contribution in [0.5, 0.6) is 5.75 Å². The molecule has 0 bridgehead atoms. The van der Waals surface area contributed by atoms with Crippen molar-refractivity contribution in [1.82, 2.24) is 0 Å². The minimum absolute atomic E-state index is 0.295. The molecule has 1 N–H and O–H groups in total. The largest absolute Gasteiger partial charge is 0.494 e. The van der Waals surface area contributed by atoms with Gasteiger partial charge in [0.15, 0.2) is 0 Å². The van der Waals surface area contributed by atoms with E-state index in [2.05, 4.69) is 24.0 Å². The summed E-state index contributed by atoms with van der Waals surface area (Å²) in [5, 5.41) is 9.18. The van der Waals surface area contributed by atoms with Crippen molar-refractivity contribution in [3.63, 3.8) is 0 Å². The molecule has 0 saturated carbocycles. The second-order valence-electron chi connectivity index (χ2n) is 4.98. The van der Waals surface area contributed by atoms with E-state index in [9.17, 15) is 5.11 Å². The zero-order chi connectivity index (χ0) is 12.8. The molecular formula is C15H23NO2. The molecule has 1 heterocycles. The van der Waals surface area contributed by atoms with Gasteiger partial charge in [-0.05, 0) is 25.0 Å². The van der Waals surface area contributed by atoms with Crippen molar-refractivity contribution in [3.05, 3.63) is 24.3 Å². The van der Waals surface area contributed by atoms with E-state index in [0.717, 1.165) is 44.7 Å². The molecule has 0 amide bonds. The predicted molar refractivity (Wildman–Crippen MR) is 74.3 cm³/mol. The van der Waals surface area contributed by atoms with E-state index >= 15 is 0 Å². The third-order valence-electron chi connectivity index (χ3n) is 3.49. The van der Waals surface area contributed by atoms with Crippen LogP contribution in [0.2, 0.25) is 0 Å². The Balaban J connectivity index is 1.94. The lowest BCUT2D eigenvalue weighted by molar-refractivity contribution is 0.238. The number of benzene rings is 1. The molecule has 0 spiro atoms. The van der Waals surface area contributed by atoms with Crippen LogP contribution in [0.1, 0.15) is 26.2 Å². The van der Waals surface area contributed by atoms with Gasteiger partial charge in [0.05, 0.1) is 6.61 Å². The highest BCUT2D eigenvalue weighted by molar-refractivity contribution is 5.51. The van der Waals surface area contributed by atoms with Gasteiger partial charge in [-0.1, -0.05) is 19.4 Å². The first-order valence-corrected chi connectivity index (χ1v) is 6.92. The average molecular weight is 249 g/mol. The standard InChI is InChI=1S/C15H23NO2/c1-2-3-9-18-15-6-4-5-14(10-15)16-8-7-13(11-16)12-17/h4-6,10,13,17H,2-3,7-9,11-12H2,1H3. The summed E-state index contributed by atoms with van der Waals surface area (Å²) in [4.78, 5) is 2.33. The molecule has 1 aromatic rings.